The molecule has 1 aliphatic rings. The molecule has 348 valence electrons. The fourth-order valence-corrected chi connectivity index (χ4v) is 11.3. The Morgan fingerprint density at radius 3 is 0.984 bits per heavy atom. The first-order chi connectivity index (χ1) is 31.4. The summed E-state index contributed by atoms with van der Waals surface area (Å²) in [6, 6.07) is 23.8. The molecule has 6 heteroatoms. The van der Waals surface area contributed by atoms with Crippen molar-refractivity contribution in [1.29, 1.82) is 0 Å². The zero-order valence-corrected chi connectivity index (χ0v) is 41.6. The molecule has 0 aliphatic heterocycles. The minimum Gasteiger partial charge on any atom is -0.398 e. The normalized spacial score (nSPS) is 12.2. The van der Waals surface area contributed by atoms with Crippen molar-refractivity contribution in [3.05, 3.63) is 106 Å². The summed E-state index contributed by atoms with van der Waals surface area (Å²) in [4.78, 5) is 31.8. The smallest absolute Gasteiger partial charge is 0.196 e. The standard InChI is InChI=1S/C58H82N2O2S2/c1-3-5-7-9-11-13-15-17-19-21-23-25-27-29-33-45-39-41-51(49(59)43-45)63-53-37-31-35-47-55(53)58(62)56-48(57(47)61)36-32-38-54(56)64-52-42-40-46(44-50(52)60)34-30-28-26-24-22-20-18-16-14-12-10-8-6-4-2/h31-32,35-44H,3-30,33-34,59-60H2,1-2H3. The van der Waals surface area contributed by atoms with Gasteiger partial charge < -0.3 is 11.5 Å². The van der Waals surface area contributed by atoms with E-state index in [1.54, 1.807) is 12.1 Å². The summed E-state index contributed by atoms with van der Waals surface area (Å²) in [5.74, 6) is -0.251. The lowest BCUT2D eigenvalue weighted by atomic mass is 9.84. The number of hydrogen-bond donors (Lipinski definition) is 2. The molecule has 0 heterocycles. The second kappa shape index (κ2) is 29.9. The van der Waals surface area contributed by atoms with Crippen LogP contribution in [0.2, 0.25) is 0 Å². The van der Waals surface area contributed by atoms with E-state index in [9.17, 15) is 9.59 Å². The van der Waals surface area contributed by atoms with Crippen molar-refractivity contribution in [1.82, 2.24) is 0 Å². The Morgan fingerprint density at radius 1 is 0.359 bits per heavy atom. The lowest BCUT2D eigenvalue weighted by Crippen LogP contribution is -2.22. The number of rotatable bonds is 34. The second-order valence-electron chi connectivity index (χ2n) is 18.7. The zero-order chi connectivity index (χ0) is 45.2. The number of anilines is 2. The fraction of sp³-hybridized carbons (Fsp3) is 0.552. The molecule has 4 aromatic rings. The number of benzene rings is 4. The molecule has 0 radical (unpaired) electrons. The van der Waals surface area contributed by atoms with Crippen molar-refractivity contribution in [2.24, 2.45) is 0 Å². The van der Waals surface area contributed by atoms with Crippen molar-refractivity contribution >= 4 is 46.5 Å². The minimum absolute atomic E-state index is 0.123. The average Bonchev–Trinajstić information content (AvgIpc) is 3.30. The maximum absolute atomic E-state index is 14.5. The summed E-state index contributed by atoms with van der Waals surface area (Å²) in [7, 11) is 0. The van der Waals surface area contributed by atoms with Crippen molar-refractivity contribution in [3.63, 3.8) is 0 Å². The number of aryl methyl sites for hydroxylation is 2. The maximum atomic E-state index is 14.5. The number of carbonyl (C=O) groups is 2. The molecule has 0 spiro atoms. The third-order valence-corrected chi connectivity index (χ3v) is 15.5. The van der Waals surface area contributed by atoms with Crippen molar-refractivity contribution < 1.29 is 9.59 Å². The van der Waals surface area contributed by atoms with Gasteiger partial charge in [-0.3, -0.25) is 9.59 Å². The van der Waals surface area contributed by atoms with E-state index in [-0.39, 0.29) is 11.6 Å². The Morgan fingerprint density at radius 2 is 0.672 bits per heavy atom. The highest BCUT2D eigenvalue weighted by molar-refractivity contribution is 8.00. The number of fused-ring (bicyclic) bond motifs is 2. The molecule has 4 aromatic carbocycles. The molecule has 0 unspecified atom stereocenters. The van der Waals surface area contributed by atoms with E-state index in [2.05, 4.69) is 50.2 Å². The Labute approximate surface area is 397 Å². The van der Waals surface area contributed by atoms with E-state index in [4.69, 9.17) is 11.5 Å². The van der Waals surface area contributed by atoms with Gasteiger partial charge in [-0.15, -0.1) is 0 Å². The van der Waals surface area contributed by atoms with Crippen LogP contribution in [0.25, 0.3) is 0 Å². The molecule has 0 atom stereocenters. The van der Waals surface area contributed by atoms with Gasteiger partial charge in [-0.25, -0.2) is 0 Å². The van der Waals surface area contributed by atoms with Crippen LogP contribution in [-0.4, -0.2) is 11.6 Å². The molecule has 1 aliphatic carbocycles. The molecule has 0 saturated carbocycles. The van der Waals surface area contributed by atoms with Gasteiger partial charge in [0.05, 0.1) is 0 Å². The molecule has 0 bridgehead atoms. The lowest BCUT2D eigenvalue weighted by molar-refractivity contribution is 0.0974. The summed E-state index contributed by atoms with van der Waals surface area (Å²) < 4.78 is 0. The minimum atomic E-state index is -0.128. The van der Waals surface area contributed by atoms with E-state index in [0.29, 0.717) is 33.6 Å². The summed E-state index contributed by atoms with van der Waals surface area (Å²) in [6.07, 6.45) is 40.0. The first-order valence-corrected chi connectivity index (χ1v) is 27.5. The summed E-state index contributed by atoms with van der Waals surface area (Å²) >= 11 is 2.95. The average molecular weight is 903 g/mol. The predicted molar refractivity (Wildman–Crippen MR) is 278 cm³/mol. The monoisotopic (exact) mass is 903 g/mol. The fourth-order valence-electron chi connectivity index (χ4n) is 9.33. The molecule has 64 heavy (non-hydrogen) atoms. The van der Waals surface area contributed by atoms with Gasteiger partial charge in [0.2, 0.25) is 0 Å². The summed E-state index contributed by atoms with van der Waals surface area (Å²) in [5.41, 5.74) is 19.1. The summed E-state index contributed by atoms with van der Waals surface area (Å²) in [6.45, 7) is 4.57. The Kier molecular flexibility index (Phi) is 24.1. The zero-order valence-electron chi connectivity index (χ0n) is 39.9. The van der Waals surface area contributed by atoms with Crippen molar-refractivity contribution in [2.75, 3.05) is 11.5 Å². The van der Waals surface area contributed by atoms with Gasteiger partial charge in [0.15, 0.2) is 11.6 Å². The van der Waals surface area contributed by atoms with Crippen LogP contribution in [-0.2, 0) is 12.8 Å². The van der Waals surface area contributed by atoms with E-state index in [0.717, 1.165) is 32.4 Å². The van der Waals surface area contributed by atoms with E-state index >= 15 is 0 Å². The van der Waals surface area contributed by atoms with Gasteiger partial charge in [-0.05, 0) is 73.2 Å². The highest BCUT2D eigenvalue weighted by Crippen LogP contribution is 2.43. The number of hydrogen-bond acceptors (Lipinski definition) is 6. The van der Waals surface area contributed by atoms with Crippen LogP contribution < -0.4 is 11.5 Å². The first kappa shape index (κ1) is 51.5. The number of ketones is 2. The van der Waals surface area contributed by atoms with Crippen molar-refractivity contribution in [2.45, 2.75) is 226 Å². The van der Waals surface area contributed by atoms with Crippen LogP contribution >= 0.6 is 23.5 Å². The first-order valence-electron chi connectivity index (χ1n) is 25.9. The topological polar surface area (TPSA) is 86.2 Å². The Balaban J connectivity index is 1.07. The quantitative estimate of drug-likeness (QED) is 0.0316. The number of nitrogen functional groups attached to an aromatic ring is 2. The molecule has 0 aromatic heterocycles. The molecule has 4 N–H and O–H groups in total. The number of nitrogens with two attached hydrogens (primary N) is 2. The molecule has 0 saturated heterocycles. The van der Waals surface area contributed by atoms with Gasteiger partial charge in [0.25, 0.3) is 0 Å². The van der Waals surface area contributed by atoms with E-state index in [1.807, 2.05) is 24.3 Å². The van der Waals surface area contributed by atoms with Crippen LogP contribution in [0.15, 0.2) is 92.4 Å². The predicted octanol–water partition coefficient (Wildman–Crippen LogP) is 18.0. The van der Waals surface area contributed by atoms with Crippen LogP contribution in [0.5, 0.6) is 0 Å². The van der Waals surface area contributed by atoms with Gasteiger partial charge in [0, 0.05) is 53.2 Å². The molecule has 4 nitrogen and oxygen atoms in total. The van der Waals surface area contributed by atoms with Crippen molar-refractivity contribution in [3.8, 4) is 0 Å². The van der Waals surface area contributed by atoms with E-state index in [1.165, 1.54) is 214 Å². The Hall–Kier alpha value is -3.48. The van der Waals surface area contributed by atoms with Crippen LogP contribution in [0.4, 0.5) is 11.4 Å². The SMILES string of the molecule is CCCCCCCCCCCCCCCCc1ccc(Sc2cccc3c2C(=O)c2c(Sc4ccc(CCCCCCCCCCCCCCCC)cc4N)cccc2C3=O)c(N)c1. The Bertz CT molecular complexity index is 1870. The molecule has 0 fully saturated rings. The van der Waals surface area contributed by atoms with Gasteiger partial charge >= 0.3 is 0 Å². The van der Waals surface area contributed by atoms with Gasteiger partial charge in [-0.2, -0.15) is 0 Å². The number of unbranched alkanes of at least 4 members (excludes halogenated alkanes) is 26. The highest BCUT2D eigenvalue weighted by atomic mass is 32.2. The summed E-state index contributed by atoms with van der Waals surface area (Å²) in [5, 5.41) is 0. The molecular formula is C58H82N2O2S2. The molecular weight excluding hydrogens is 821 g/mol. The largest absolute Gasteiger partial charge is 0.398 e. The van der Waals surface area contributed by atoms with Gasteiger partial charge in [-0.1, -0.05) is 241 Å². The van der Waals surface area contributed by atoms with Crippen LogP contribution in [0.3, 0.4) is 0 Å². The molecule has 5 rings (SSSR count). The van der Waals surface area contributed by atoms with E-state index < -0.39 is 0 Å². The van der Waals surface area contributed by atoms with Crippen LogP contribution in [0, 0.1) is 0 Å². The highest BCUT2D eigenvalue weighted by Gasteiger charge is 2.34. The third-order valence-electron chi connectivity index (χ3n) is 13.2. The molecule has 0 amide bonds. The maximum Gasteiger partial charge on any atom is 0.196 e. The number of carbonyl (C=O) groups excluding carboxylic acids is 2. The third kappa shape index (κ3) is 17.1. The lowest BCUT2D eigenvalue weighted by Gasteiger charge is -2.22. The van der Waals surface area contributed by atoms with Crippen LogP contribution in [0.1, 0.15) is 237 Å². The second-order valence-corrected chi connectivity index (χ2v) is 20.8. The van der Waals surface area contributed by atoms with Gasteiger partial charge in [0.1, 0.15) is 0 Å².